The van der Waals surface area contributed by atoms with Gasteiger partial charge in [-0.05, 0) is 5.56 Å². The maximum Gasteiger partial charge on any atom is 0.258 e. The van der Waals surface area contributed by atoms with Gasteiger partial charge < -0.3 is 4.90 Å². The lowest BCUT2D eigenvalue weighted by Crippen LogP contribution is -2.51. The molecule has 2 fully saturated rings. The topological polar surface area (TPSA) is 82.0 Å². The molecule has 4 heterocycles. The van der Waals surface area contributed by atoms with Crippen molar-refractivity contribution in [2.45, 2.75) is 12.6 Å². The number of carbonyl (C=O) groups is 1. The number of hydrogen-bond donors (Lipinski definition) is 2. The zero-order chi connectivity index (χ0) is 20.5. The summed E-state index contributed by atoms with van der Waals surface area (Å²) in [4.78, 5) is 34.9. The molecule has 156 valence electrons. The van der Waals surface area contributed by atoms with Crippen LogP contribution in [0.3, 0.4) is 0 Å². The Kier molecular flexibility index (Phi) is 5.34. The highest BCUT2D eigenvalue weighted by molar-refractivity contribution is 7.15. The van der Waals surface area contributed by atoms with Gasteiger partial charge in [-0.3, -0.25) is 24.3 Å². The van der Waals surface area contributed by atoms with E-state index in [9.17, 15) is 9.59 Å². The Labute approximate surface area is 178 Å². The van der Waals surface area contributed by atoms with E-state index in [0.717, 1.165) is 29.3 Å². The molecule has 0 aliphatic carbocycles. The van der Waals surface area contributed by atoms with Crippen LogP contribution in [0.2, 0.25) is 0 Å². The Morgan fingerprint density at radius 2 is 1.97 bits per heavy atom. The lowest BCUT2D eigenvalue weighted by molar-refractivity contribution is -0.137. The molecule has 9 heteroatoms. The fraction of sp³-hybridized carbons (Fsp3) is 0.381. The summed E-state index contributed by atoms with van der Waals surface area (Å²) in [6, 6.07) is 11.7. The second kappa shape index (κ2) is 8.27. The minimum absolute atomic E-state index is 0.00794. The summed E-state index contributed by atoms with van der Waals surface area (Å²) in [5, 5.41) is 1.87. The second-order valence-corrected chi connectivity index (χ2v) is 8.64. The number of nitrogens with one attached hydrogen (secondary N) is 2. The average Bonchev–Trinajstić information content (AvgIpc) is 3.44. The van der Waals surface area contributed by atoms with Gasteiger partial charge >= 0.3 is 0 Å². The molecule has 2 N–H and O–H groups in total. The maximum absolute atomic E-state index is 13.2. The van der Waals surface area contributed by atoms with Crippen LogP contribution >= 0.6 is 11.3 Å². The number of piperazine rings is 1. The third kappa shape index (κ3) is 3.77. The van der Waals surface area contributed by atoms with Crippen molar-refractivity contribution in [3.8, 4) is 0 Å². The molecule has 30 heavy (non-hydrogen) atoms. The normalized spacial score (nSPS) is 22.6. The SMILES string of the molecule is O=C(C1CNNC1c1ccccc1)N1CCN(Cc2cc(=O)n3ccsc3n2)CC1. The van der Waals surface area contributed by atoms with Gasteiger partial charge in [0.2, 0.25) is 5.91 Å². The summed E-state index contributed by atoms with van der Waals surface area (Å²) in [5.41, 5.74) is 8.28. The molecular formula is C21H24N6O2S. The summed E-state index contributed by atoms with van der Waals surface area (Å²) < 4.78 is 1.57. The first-order valence-electron chi connectivity index (χ1n) is 10.2. The fourth-order valence-corrected chi connectivity index (χ4v) is 5.00. The van der Waals surface area contributed by atoms with E-state index in [1.807, 2.05) is 28.5 Å². The maximum atomic E-state index is 13.2. The Bertz CT molecular complexity index is 1090. The van der Waals surface area contributed by atoms with E-state index in [1.54, 1.807) is 16.7 Å². The first-order chi connectivity index (χ1) is 14.7. The number of rotatable bonds is 4. The molecule has 1 amide bonds. The molecule has 2 saturated heterocycles. The van der Waals surface area contributed by atoms with Crippen LogP contribution in [0.25, 0.3) is 4.96 Å². The van der Waals surface area contributed by atoms with Crippen LogP contribution < -0.4 is 16.4 Å². The van der Waals surface area contributed by atoms with Crippen LogP contribution in [-0.2, 0) is 11.3 Å². The van der Waals surface area contributed by atoms with Crippen LogP contribution in [0.15, 0.2) is 52.8 Å². The Morgan fingerprint density at radius 3 is 2.77 bits per heavy atom. The second-order valence-electron chi connectivity index (χ2n) is 7.76. The zero-order valence-corrected chi connectivity index (χ0v) is 17.3. The quantitative estimate of drug-likeness (QED) is 0.647. The number of benzene rings is 1. The summed E-state index contributed by atoms with van der Waals surface area (Å²) >= 11 is 1.46. The van der Waals surface area contributed by atoms with Crippen molar-refractivity contribution in [3.63, 3.8) is 0 Å². The van der Waals surface area contributed by atoms with E-state index in [2.05, 4.69) is 32.9 Å². The molecule has 2 aromatic heterocycles. The van der Waals surface area contributed by atoms with E-state index in [1.165, 1.54) is 11.3 Å². The fourth-order valence-electron chi connectivity index (χ4n) is 4.26. The largest absolute Gasteiger partial charge is 0.340 e. The van der Waals surface area contributed by atoms with E-state index >= 15 is 0 Å². The van der Waals surface area contributed by atoms with E-state index < -0.39 is 0 Å². The van der Waals surface area contributed by atoms with Crippen molar-refractivity contribution >= 4 is 22.2 Å². The summed E-state index contributed by atoms with van der Waals surface area (Å²) in [7, 11) is 0. The van der Waals surface area contributed by atoms with Crippen LogP contribution in [0.4, 0.5) is 0 Å². The molecule has 1 aromatic carbocycles. The lowest BCUT2D eigenvalue weighted by Gasteiger charge is -2.36. The van der Waals surface area contributed by atoms with Crippen molar-refractivity contribution in [1.29, 1.82) is 0 Å². The standard InChI is InChI=1S/C21H24N6O2S/c28-18-12-16(23-21-27(18)10-11-30-21)14-25-6-8-26(9-7-25)20(29)17-13-22-24-19(17)15-4-2-1-3-5-15/h1-5,10-12,17,19,22,24H,6-9,13-14H2. The van der Waals surface area contributed by atoms with Gasteiger partial charge in [-0.1, -0.05) is 30.3 Å². The van der Waals surface area contributed by atoms with Crippen molar-refractivity contribution in [1.82, 2.24) is 30.0 Å². The highest BCUT2D eigenvalue weighted by Crippen LogP contribution is 2.26. The highest BCUT2D eigenvalue weighted by Gasteiger charge is 2.37. The first-order valence-corrected chi connectivity index (χ1v) is 11.1. The minimum Gasteiger partial charge on any atom is -0.340 e. The summed E-state index contributed by atoms with van der Waals surface area (Å²) in [6.07, 6.45) is 1.75. The molecule has 8 nitrogen and oxygen atoms in total. The number of nitrogens with zero attached hydrogens (tertiary/aromatic N) is 4. The van der Waals surface area contributed by atoms with E-state index in [-0.39, 0.29) is 23.4 Å². The van der Waals surface area contributed by atoms with Gasteiger partial charge in [0, 0.05) is 56.9 Å². The van der Waals surface area contributed by atoms with Gasteiger partial charge in [-0.2, -0.15) is 0 Å². The van der Waals surface area contributed by atoms with Gasteiger partial charge in [0.05, 0.1) is 17.7 Å². The Hall–Kier alpha value is -2.59. The highest BCUT2D eigenvalue weighted by atomic mass is 32.1. The van der Waals surface area contributed by atoms with Crippen LogP contribution in [-0.4, -0.2) is 57.8 Å². The smallest absolute Gasteiger partial charge is 0.258 e. The first kappa shape index (κ1) is 19.4. The van der Waals surface area contributed by atoms with Gasteiger partial charge in [0.25, 0.3) is 5.56 Å². The molecule has 5 rings (SSSR count). The number of thiazole rings is 1. The van der Waals surface area contributed by atoms with Gasteiger partial charge in [0.15, 0.2) is 4.96 Å². The van der Waals surface area contributed by atoms with Gasteiger partial charge in [0.1, 0.15) is 0 Å². The molecule has 0 spiro atoms. The van der Waals surface area contributed by atoms with Crippen molar-refractivity contribution < 1.29 is 4.79 Å². The molecule has 2 atom stereocenters. The number of fused-ring (bicyclic) bond motifs is 1. The van der Waals surface area contributed by atoms with Crippen molar-refractivity contribution in [2.75, 3.05) is 32.7 Å². The molecule has 0 radical (unpaired) electrons. The average molecular weight is 425 g/mol. The van der Waals surface area contributed by atoms with Gasteiger partial charge in [-0.15, -0.1) is 11.3 Å². The number of hydrogen-bond acceptors (Lipinski definition) is 7. The number of amides is 1. The zero-order valence-electron chi connectivity index (χ0n) is 16.5. The molecule has 2 aliphatic heterocycles. The molecule has 3 aromatic rings. The monoisotopic (exact) mass is 424 g/mol. The number of carbonyl (C=O) groups excluding carboxylic acids is 1. The van der Waals surface area contributed by atoms with Gasteiger partial charge in [-0.25, -0.2) is 10.4 Å². The van der Waals surface area contributed by atoms with E-state index in [4.69, 9.17) is 0 Å². The van der Waals surface area contributed by atoms with Crippen molar-refractivity contribution in [3.05, 3.63) is 69.6 Å². The summed E-state index contributed by atoms with van der Waals surface area (Å²) in [6.45, 7) is 4.20. The Morgan fingerprint density at radius 1 is 1.17 bits per heavy atom. The third-order valence-electron chi connectivity index (χ3n) is 5.88. The van der Waals surface area contributed by atoms with E-state index in [0.29, 0.717) is 26.2 Å². The summed E-state index contributed by atoms with van der Waals surface area (Å²) in [5.74, 6) is 0.0827. The Balaban J connectivity index is 1.21. The van der Waals surface area contributed by atoms with Crippen LogP contribution in [0, 0.1) is 5.92 Å². The number of hydrazine groups is 1. The molecule has 2 unspecified atom stereocenters. The minimum atomic E-state index is -0.109. The molecular weight excluding hydrogens is 400 g/mol. The van der Waals surface area contributed by atoms with Crippen LogP contribution in [0.1, 0.15) is 17.3 Å². The third-order valence-corrected chi connectivity index (χ3v) is 6.64. The molecule has 2 aliphatic rings. The predicted octanol–water partition coefficient (Wildman–Crippen LogP) is 0.865. The number of aromatic nitrogens is 2. The van der Waals surface area contributed by atoms with Crippen LogP contribution in [0.5, 0.6) is 0 Å². The lowest BCUT2D eigenvalue weighted by atomic mass is 9.93. The van der Waals surface area contributed by atoms with Crippen molar-refractivity contribution in [2.24, 2.45) is 5.92 Å². The predicted molar refractivity (Wildman–Crippen MR) is 115 cm³/mol. The molecule has 0 saturated carbocycles. The molecule has 0 bridgehead atoms.